The van der Waals surface area contributed by atoms with Gasteiger partial charge in [0.15, 0.2) is 0 Å². The van der Waals surface area contributed by atoms with Gasteiger partial charge in [-0.1, -0.05) is 13.8 Å². The van der Waals surface area contributed by atoms with E-state index in [1.807, 2.05) is 13.8 Å². The lowest BCUT2D eigenvalue weighted by Gasteiger charge is -2.07. The largest absolute Gasteiger partial charge is 0.368 e. The standard InChI is InChI=1S/C4H10N4.C2H6/c1-6-4(5)8(3)7-2;1-2/h2H2,1,3H3,(H2,5,6);1-2H3. The maximum atomic E-state index is 5.27. The number of aliphatic imine (C=N–C) groups is 1. The first-order valence-corrected chi connectivity index (χ1v) is 3.15. The van der Waals surface area contributed by atoms with Gasteiger partial charge in [0.25, 0.3) is 0 Å². The summed E-state index contributed by atoms with van der Waals surface area (Å²) in [5, 5.41) is 4.88. The van der Waals surface area contributed by atoms with Gasteiger partial charge in [0.1, 0.15) is 0 Å². The summed E-state index contributed by atoms with van der Waals surface area (Å²) in [5.41, 5.74) is 5.27. The van der Waals surface area contributed by atoms with Crippen LogP contribution < -0.4 is 5.73 Å². The predicted octanol–water partition coefficient (Wildman–Crippen LogP) is 0.504. The molecule has 0 aliphatic carbocycles. The summed E-state index contributed by atoms with van der Waals surface area (Å²) in [5.74, 6) is 0.361. The summed E-state index contributed by atoms with van der Waals surface area (Å²) in [7, 11) is 3.27. The summed E-state index contributed by atoms with van der Waals surface area (Å²) in [6.07, 6.45) is 0. The molecule has 0 atom stereocenters. The van der Waals surface area contributed by atoms with Crippen LogP contribution >= 0.6 is 0 Å². The maximum Gasteiger partial charge on any atom is 0.211 e. The molecular weight excluding hydrogens is 128 g/mol. The van der Waals surface area contributed by atoms with E-state index >= 15 is 0 Å². The van der Waals surface area contributed by atoms with E-state index in [1.165, 1.54) is 5.01 Å². The minimum atomic E-state index is 0.361. The fourth-order valence-corrected chi connectivity index (χ4v) is 0.217. The van der Waals surface area contributed by atoms with Crippen LogP contribution in [0.1, 0.15) is 13.8 Å². The number of rotatable bonds is 1. The molecule has 0 aliphatic rings. The molecule has 0 fully saturated rings. The second kappa shape index (κ2) is 7.94. The lowest BCUT2D eigenvalue weighted by molar-refractivity contribution is 0.542. The van der Waals surface area contributed by atoms with Crippen molar-refractivity contribution in [3.8, 4) is 0 Å². The van der Waals surface area contributed by atoms with E-state index in [0.29, 0.717) is 5.96 Å². The summed E-state index contributed by atoms with van der Waals surface area (Å²) < 4.78 is 0. The molecule has 0 bridgehead atoms. The van der Waals surface area contributed by atoms with Crippen molar-refractivity contribution in [2.24, 2.45) is 15.8 Å². The zero-order valence-electron chi connectivity index (χ0n) is 7.13. The third-order valence-electron chi connectivity index (χ3n) is 0.773. The van der Waals surface area contributed by atoms with Crippen LogP contribution in [0, 0.1) is 0 Å². The number of nitrogens with two attached hydrogens (primary N) is 1. The predicted molar refractivity (Wildman–Crippen MR) is 46.2 cm³/mol. The van der Waals surface area contributed by atoms with Crippen molar-refractivity contribution < 1.29 is 0 Å². The maximum absolute atomic E-state index is 5.27. The fourth-order valence-electron chi connectivity index (χ4n) is 0.217. The highest BCUT2D eigenvalue weighted by atomic mass is 15.5. The van der Waals surface area contributed by atoms with Gasteiger partial charge in [-0.3, -0.25) is 4.99 Å². The van der Waals surface area contributed by atoms with E-state index in [0.717, 1.165) is 0 Å². The molecule has 10 heavy (non-hydrogen) atoms. The first-order chi connectivity index (χ1) is 4.72. The molecule has 0 aromatic heterocycles. The highest BCUT2D eigenvalue weighted by molar-refractivity contribution is 5.77. The Morgan fingerprint density at radius 3 is 2.00 bits per heavy atom. The normalized spacial score (nSPS) is 9.40. The molecule has 0 spiro atoms. The molecule has 0 heterocycles. The highest BCUT2D eigenvalue weighted by Crippen LogP contribution is 1.77. The van der Waals surface area contributed by atoms with Crippen LogP contribution in [0.25, 0.3) is 0 Å². The Morgan fingerprint density at radius 2 is 1.90 bits per heavy atom. The van der Waals surface area contributed by atoms with Gasteiger partial charge in [-0.15, -0.1) is 0 Å². The lowest BCUT2D eigenvalue weighted by atomic mass is 10.9. The van der Waals surface area contributed by atoms with Crippen molar-refractivity contribution in [1.82, 2.24) is 5.01 Å². The Kier molecular flexibility index (Phi) is 9.29. The zero-order chi connectivity index (χ0) is 8.57. The molecular formula is C6H16N4. The minimum Gasteiger partial charge on any atom is -0.368 e. The molecule has 0 aliphatic heterocycles. The Morgan fingerprint density at radius 1 is 1.50 bits per heavy atom. The average Bonchev–Trinajstić information content (AvgIpc) is 2.05. The van der Waals surface area contributed by atoms with Gasteiger partial charge in [-0.2, -0.15) is 5.10 Å². The topological polar surface area (TPSA) is 54.0 Å². The van der Waals surface area contributed by atoms with Crippen molar-refractivity contribution in [2.75, 3.05) is 14.1 Å². The van der Waals surface area contributed by atoms with Gasteiger partial charge in [0.05, 0.1) is 0 Å². The molecule has 0 radical (unpaired) electrons. The molecule has 0 unspecified atom stereocenters. The van der Waals surface area contributed by atoms with Crippen molar-refractivity contribution >= 4 is 12.7 Å². The van der Waals surface area contributed by atoms with E-state index in [9.17, 15) is 0 Å². The second-order valence-corrected chi connectivity index (χ2v) is 1.25. The number of hydrogen-bond donors (Lipinski definition) is 1. The Hall–Kier alpha value is -1.06. The van der Waals surface area contributed by atoms with Crippen LogP contribution in [0.2, 0.25) is 0 Å². The van der Waals surface area contributed by atoms with Crippen molar-refractivity contribution in [1.29, 1.82) is 0 Å². The lowest BCUT2D eigenvalue weighted by Crippen LogP contribution is -2.28. The molecule has 60 valence electrons. The van der Waals surface area contributed by atoms with E-state index in [2.05, 4.69) is 16.8 Å². The molecule has 4 heteroatoms. The molecule has 0 aromatic rings. The number of hydrazone groups is 1. The Bertz CT molecular complexity index is 108. The number of nitrogens with zero attached hydrogens (tertiary/aromatic N) is 3. The van der Waals surface area contributed by atoms with Gasteiger partial charge < -0.3 is 5.73 Å². The van der Waals surface area contributed by atoms with E-state index in [4.69, 9.17) is 5.73 Å². The van der Waals surface area contributed by atoms with Gasteiger partial charge in [-0.05, 0) is 0 Å². The fraction of sp³-hybridized carbons (Fsp3) is 0.667. The quantitative estimate of drug-likeness (QED) is 0.331. The van der Waals surface area contributed by atoms with Gasteiger partial charge >= 0.3 is 0 Å². The summed E-state index contributed by atoms with van der Waals surface area (Å²) in [6.45, 7) is 7.24. The first-order valence-electron chi connectivity index (χ1n) is 3.15. The number of hydrogen-bond acceptors (Lipinski definition) is 2. The SMILES string of the molecule is C=NN(C)C(N)=NC.CC. The van der Waals surface area contributed by atoms with Crippen LogP contribution in [0.5, 0.6) is 0 Å². The molecule has 2 N–H and O–H groups in total. The van der Waals surface area contributed by atoms with Crippen LogP contribution in [0.3, 0.4) is 0 Å². The second-order valence-electron chi connectivity index (χ2n) is 1.25. The third-order valence-corrected chi connectivity index (χ3v) is 0.773. The summed E-state index contributed by atoms with van der Waals surface area (Å²) in [6, 6.07) is 0. The van der Waals surface area contributed by atoms with Gasteiger partial charge in [-0.25, -0.2) is 5.01 Å². The van der Waals surface area contributed by atoms with Gasteiger partial charge in [0.2, 0.25) is 5.96 Å². The molecule has 0 rings (SSSR count). The monoisotopic (exact) mass is 144 g/mol. The first kappa shape index (κ1) is 11.7. The van der Waals surface area contributed by atoms with Crippen LogP contribution in [-0.2, 0) is 0 Å². The Labute approximate surface area is 62.4 Å². The van der Waals surface area contributed by atoms with Crippen LogP contribution in [0.15, 0.2) is 10.1 Å². The molecule has 0 amide bonds. The van der Waals surface area contributed by atoms with Crippen molar-refractivity contribution in [3.63, 3.8) is 0 Å². The third kappa shape index (κ3) is 5.08. The highest BCUT2D eigenvalue weighted by Gasteiger charge is 1.91. The van der Waals surface area contributed by atoms with Gasteiger partial charge in [0, 0.05) is 20.8 Å². The molecule has 4 nitrogen and oxygen atoms in total. The van der Waals surface area contributed by atoms with E-state index < -0.39 is 0 Å². The van der Waals surface area contributed by atoms with Crippen LogP contribution in [-0.4, -0.2) is 31.8 Å². The average molecular weight is 144 g/mol. The molecule has 0 aromatic carbocycles. The molecule has 0 saturated heterocycles. The minimum absolute atomic E-state index is 0.361. The molecule has 0 saturated carbocycles. The van der Waals surface area contributed by atoms with Crippen molar-refractivity contribution in [3.05, 3.63) is 0 Å². The zero-order valence-corrected chi connectivity index (χ0v) is 7.13. The number of guanidine groups is 1. The van der Waals surface area contributed by atoms with Crippen LogP contribution in [0.4, 0.5) is 0 Å². The Balaban J connectivity index is 0. The van der Waals surface area contributed by atoms with E-state index in [-0.39, 0.29) is 0 Å². The smallest absolute Gasteiger partial charge is 0.211 e. The van der Waals surface area contributed by atoms with Crippen molar-refractivity contribution in [2.45, 2.75) is 13.8 Å². The summed E-state index contributed by atoms with van der Waals surface area (Å²) in [4.78, 5) is 3.65. The van der Waals surface area contributed by atoms with E-state index in [1.54, 1.807) is 14.1 Å². The summed E-state index contributed by atoms with van der Waals surface area (Å²) >= 11 is 0.